The Morgan fingerprint density at radius 3 is 2.56 bits per heavy atom. The van der Waals surface area contributed by atoms with E-state index in [-0.39, 0.29) is 30.7 Å². The predicted octanol–water partition coefficient (Wildman–Crippen LogP) is 0.867. The summed E-state index contributed by atoms with van der Waals surface area (Å²) in [6.45, 7) is 0.467. The van der Waals surface area contributed by atoms with Crippen molar-refractivity contribution in [1.82, 2.24) is 15.2 Å². The third kappa shape index (κ3) is 6.31. The smallest absolute Gasteiger partial charge is 0.242 e. The summed E-state index contributed by atoms with van der Waals surface area (Å²) < 4.78 is 13.1. The molecule has 6 nitrogen and oxygen atoms in total. The molecular weight excluding hydrogens is 323 g/mol. The van der Waals surface area contributed by atoms with Gasteiger partial charge >= 0.3 is 0 Å². The van der Waals surface area contributed by atoms with Gasteiger partial charge in [-0.25, -0.2) is 4.39 Å². The molecular formula is C18H21FN4O2. The highest BCUT2D eigenvalue weighted by atomic mass is 19.1. The minimum absolute atomic E-state index is 0.126. The number of halogens is 1. The van der Waals surface area contributed by atoms with Crippen molar-refractivity contribution in [1.29, 1.82) is 0 Å². The summed E-state index contributed by atoms with van der Waals surface area (Å²) in [6.07, 6.45) is 2.28. The lowest BCUT2D eigenvalue weighted by atomic mass is 10.2. The molecule has 3 N–H and O–H groups in total. The Kier molecular flexibility index (Phi) is 7.03. The highest BCUT2D eigenvalue weighted by Crippen LogP contribution is 2.08. The molecule has 0 unspecified atom stereocenters. The number of pyridine rings is 1. The Hall–Kier alpha value is -2.80. The number of amides is 2. The van der Waals surface area contributed by atoms with Gasteiger partial charge in [-0.15, -0.1) is 0 Å². The first kappa shape index (κ1) is 18.5. The third-order valence-corrected chi connectivity index (χ3v) is 3.63. The number of carbonyl (C=O) groups excluding carboxylic acids is 2. The Morgan fingerprint density at radius 1 is 1.16 bits per heavy atom. The van der Waals surface area contributed by atoms with Crippen molar-refractivity contribution in [2.75, 3.05) is 19.6 Å². The average molecular weight is 344 g/mol. The number of rotatable bonds is 8. The van der Waals surface area contributed by atoms with Crippen LogP contribution in [0, 0.1) is 5.82 Å². The molecule has 1 aromatic heterocycles. The highest BCUT2D eigenvalue weighted by molar-refractivity contribution is 5.85. The van der Waals surface area contributed by atoms with Crippen molar-refractivity contribution >= 4 is 11.8 Å². The molecule has 2 amide bonds. The molecule has 2 rings (SSSR count). The van der Waals surface area contributed by atoms with Gasteiger partial charge in [-0.3, -0.25) is 14.6 Å². The third-order valence-electron chi connectivity index (χ3n) is 3.63. The number of carbonyl (C=O) groups is 2. The lowest BCUT2D eigenvalue weighted by Gasteiger charge is -2.23. The van der Waals surface area contributed by atoms with Crippen molar-refractivity contribution in [3.63, 3.8) is 0 Å². The zero-order chi connectivity index (χ0) is 18.1. The minimum atomic E-state index is -0.389. The molecule has 0 spiro atoms. The fourth-order valence-corrected chi connectivity index (χ4v) is 2.26. The summed E-state index contributed by atoms with van der Waals surface area (Å²) in [5, 5.41) is 2.47. The zero-order valence-corrected chi connectivity index (χ0v) is 13.8. The molecule has 0 radical (unpaired) electrons. The normalized spacial score (nSPS) is 10.3. The van der Waals surface area contributed by atoms with Crippen molar-refractivity contribution in [2.24, 2.45) is 5.73 Å². The first-order valence-electron chi connectivity index (χ1n) is 7.97. The summed E-state index contributed by atoms with van der Waals surface area (Å²) in [4.78, 5) is 29.5. The lowest BCUT2D eigenvalue weighted by Crippen LogP contribution is -2.42. The number of aromatic nitrogens is 1. The fourth-order valence-electron chi connectivity index (χ4n) is 2.26. The van der Waals surface area contributed by atoms with E-state index in [0.717, 1.165) is 11.3 Å². The monoisotopic (exact) mass is 344 g/mol. The van der Waals surface area contributed by atoms with Gasteiger partial charge in [-0.1, -0.05) is 18.2 Å². The summed E-state index contributed by atoms with van der Waals surface area (Å²) in [5.41, 5.74) is 6.90. The van der Waals surface area contributed by atoms with Gasteiger partial charge in [0.05, 0.1) is 13.1 Å². The van der Waals surface area contributed by atoms with E-state index in [2.05, 4.69) is 10.3 Å². The number of benzene rings is 1. The maximum absolute atomic E-state index is 13.1. The van der Waals surface area contributed by atoms with Crippen LogP contribution in [0.4, 0.5) is 4.39 Å². The van der Waals surface area contributed by atoms with E-state index in [1.165, 1.54) is 12.1 Å². The van der Waals surface area contributed by atoms with Crippen LogP contribution in [-0.4, -0.2) is 41.3 Å². The number of nitrogens with zero attached hydrogens (tertiary/aromatic N) is 2. The molecule has 132 valence electrons. The van der Waals surface area contributed by atoms with Crippen LogP contribution in [-0.2, 0) is 22.6 Å². The van der Waals surface area contributed by atoms with Gasteiger partial charge in [-0.05, 0) is 29.8 Å². The number of nitrogens with one attached hydrogen (secondary N) is 1. The number of nitrogens with two attached hydrogens (primary N) is 1. The Morgan fingerprint density at radius 2 is 1.92 bits per heavy atom. The molecule has 0 fully saturated rings. The van der Waals surface area contributed by atoms with E-state index < -0.39 is 0 Å². The van der Waals surface area contributed by atoms with Crippen LogP contribution in [0.5, 0.6) is 0 Å². The standard InChI is InChI=1S/C18H21FN4O2/c19-15-6-4-14(5-7-15)13-23(18(25)12-22-17(24)11-20)10-8-16-3-1-2-9-21-16/h1-7,9H,8,10-13,20H2,(H,22,24). The topological polar surface area (TPSA) is 88.3 Å². The molecule has 0 bridgehead atoms. The van der Waals surface area contributed by atoms with Crippen molar-refractivity contribution in [3.05, 3.63) is 65.7 Å². The molecule has 7 heteroatoms. The average Bonchev–Trinajstić information content (AvgIpc) is 2.65. The first-order chi connectivity index (χ1) is 12.1. The summed E-state index contributed by atoms with van der Waals surface area (Å²) in [5.74, 6) is -0.952. The molecule has 1 aromatic carbocycles. The van der Waals surface area contributed by atoms with Gasteiger partial charge in [0.1, 0.15) is 5.82 Å². The van der Waals surface area contributed by atoms with Gasteiger partial charge in [0, 0.05) is 31.4 Å². The summed E-state index contributed by atoms with van der Waals surface area (Å²) in [6, 6.07) is 11.6. The maximum atomic E-state index is 13.1. The molecule has 0 aliphatic rings. The number of hydrogen-bond donors (Lipinski definition) is 2. The van der Waals surface area contributed by atoms with Gasteiger partial charge < -0.3 is 16.0 Å². The molecule has 25 heavy (non-hydrogen) atoms. The minimum Gasteiger partial charge on any atom is -0.346 e. The van der Waals surface area contributed by atoms with Crippen molar-refractivity contribution < 1.29 is 14.0 Å². The molecule has 0 atom stereocenters. The Labute approximate surface area is 145 Å². The summed E-state index contributed by atoms with van der Waals surface area (Å²) in [7, 11) is 0. The van der Waals surface area contributed by atoms with Crippen LogP contribution in [0.2, 0.25) is 0 Å². The zero-order valence-electron chi connectivity index (χ0n) is 13.8. The highest BCUT2D eigenvalue weighted by Gasteiger charge is 2.15. The molecule has 0 aliphatic heterocycles. The quantitative estimate of drug-likeness (QED) is 0.744. The largest absolute Gasteiger partial charge is 0.346 e. The van der Waals surface area contributed by atoms with E-state index >= 15 is 0 Å². The van der Waals surface area contributed by atoms with E-state index in [1.54, 1.807) is 23.2 Å². The van der Waals surface area contributed by atoms with Gasteiger partial charge in [0.25, 0.3) is 0 Å². The molecule has 2 aromatic rings. The summed E-state index contributed by atoms with van der Waals surface area (Å²) >= 11 is 0. The van der Waals surface area contributed by atoms with Crippen LogP contribution in [0.1, 0.15) is 11.3 Å². The van der Waals surface area contributed by atoms with Gasteiger partial charge in [-0.2, -0.15) is 0 Å². The maximum Gasteiger partial charge on any atom is 0.242 e. The first-order valence-corrected chi connectivity index (χ1v) is 7.97. The van der Waals surface area contributed by atoms with Crippen LogP contribution in [0.15, 0.2) is 48.7 Å². The molecule has 0 saturated carbocycles. The predicted molar refractivity (Wildman–Crippen MR) is 91.8 cm³/mol. The molecule has 1 heterocycles. The van der Waals surface area contributed by atoms with E-state index in [9.17, 15) is 14.0 Å². The molecule has 0 aliphatic carbocycles. The second-order valence-electron chi connectivity index (χ2n) is 5.49. The SMILES string of the molecule is NCC(=O)NCC(=O)N(CCc1ccccn1)Cc1ccc(F)cc1. The Bertz CT molecular complexity index is 692. The Balaban J connectivity index is 2.02. The van der Waals surface area contributed by atoms with E-state index in [4.69, 9.17) is 5.73 Å². The van der Waals surface area contributed by atoms with Gasteiger partial charge in [0.2, 0.25) is 11.8 Å². The van der Waals surface area contributed by atoms with Crippen LogP contribution >= 0.6 is 0 Å². The number of hydrogen-bond acceptors (Lipinski definition) is 4. The second kappa shape index (κ2) is 9.48. The van der Waals surface area contributed by atoms with Crippen LogP contribution < -0.4 is 11.1 Å². The van der Waals surface area contributed by atoms with Crippen molar-refractivity contribution in [3.8, 4) is 0 Å². The van der Waals surface area contributed by atoms with E-state index in [0.29, 0.717) is 19.5 Å². The van der Waals surface area contributed by atoms with Crippen LogP contribution in [0.25, 0.3) is 0 Å². The van der Waals surface area contributed by atoms with E-state index in [1.807, 2.05) is 18.2 Å². The molecule has 0 saturated heterocycles. The van der Waals surface area contributed by atoms with Crippen molar-refractivity contribution in [2.45, 2.75) is 13.0 Å². The fraction of sp³-hybridized carbons (Fsp3) is 0.278. The lowest BCUT2D eigenvalue weighted by molar-refractivity contribution is -0.133. The second-order valence-corrected chi connectivity index (χ2v) is 5.49. The van der Waals surface area contributed by atoms with Crippen LogP contribution in [0.3, 0.4) is 0 Å². The van der Waals surface area contributed by atoms with Gasteiger partial charge in [0.15, 0.2) is 0 Å².